The van der Waals surface area contributed by atoms with Crippen molar-refractivity contribution in [1.29, 1.82) is 0 Å². The Hall–Kier alpha value is -1.62. The number of hydrogen-bond acceptors (Lipinski definition) is 5. The number of esters is 2. The third-order valence-corrected chi connectivity index (χ3v) is 1.23. The predicted octanol–water partition coefficient (Wildman–Crippen LogP) is 1.08. The van der Waals surface area contributed by atoms with Crippen LogP contribution in [-0.4, -0.2) is 36.9 Å². The maximum Gasteiger partial charge on any atom is 0.330 e. The fourth-order valence-corrected chi connectivity index (χ4v) is 0.513. The van der Waals surface area contributed by atoms with Crippen LogP contribution >= 0.6 is 0 Å². The average Bonchev–Trinajstić information content (AvgIpc) is 2.33. The summed E-state index contributed by atoms with van der Waals surface area (Å²) in [4.78, 5) is 20.5. The van der Waals surface area contributed by atoms with Gasteiger partial charge in [0.25, 0.3) is 0 Å². The molecule has 98 valence electrons. The molecule has 0 spiro atoms. The molecule has 1 N–H and O–H groups in total. The second-order valence-electron chi connectivity index (χ2n) is 3.32. The van der Waals surface area contributed by atoms with Crippen molar-refractivity contribution in [1.82, 2.24) is 0 Å². The van der Waals surface area contributed by atoms with E-state index in [9.17, 15) is 9.59 Å². The number of ether oxygens (including phenoxy) is 2. The summed E-state index contributed by atoms with van der Waals surface area (Å²) >= 11 is 0. The Labute approximate surface area is 102 Å². The minimum absolute atomic E-state index is 0.0465. The van der Waals surface area contributed by atoms with Gasteiger partial charge in [0.1, 0.15) is 6.61 Å². The van der Waals surface area contributed by atoms with Crippen molar-refractivity contribution in [3.05, 3.63) is 25.3 Å². The lowest BCUT2D eigenvalue weighted by Gasteiger charge is -2.02. The Balaban J connectivity index is 0. The molecule has 0 unspecified atom stereocenters. The molecule has 5 heteroatoms. The molecule has 0 radical (unpaired) electrons. The second-order valence-corrected chi connectivity index (χ2v) is 3.32. The normalized spacial score (nSPS) is 8.71. The van der Waals surface area contributed by atoms with Crippen LogP contribution in [0.25, 0.3) is 0 Å². The molecule has 0 saturated heterocycles. The molecular formula is C12H20O5. The Morgan fingerprint density at radius 2 is 1.65 bits per heavy atom. The third-order valence-electron chi connectivity index (χ3n) is 1.23. The smallest absolute Gasteiger partial charge is 0.330 e. The van der Waals surface area contributed by atoms with Gasteiger partial charge in [0.05, 0.1) is 13.2 Å². The van der Waals surface area contributed by atoms with Crippen LogP contribution in [0.15, 0.2) is 25.3 Å². The monoisotopic (exact) mass is 244 g/mol. The molecular weight excluding hydrogens is 224 g/mol. The van der Waals surface area contributed by atoms with Gasteiger partial charge >= 0.3 is 11.9 Å². The van der Waals surface area contributed by atoms with Crippen LogP contribution in [0.5, 0.6) is 0 Å². The van der Waals surface area contributed by atoms with Gasteiger partial charge in [0, 0.05) is 12.2 Å². The van der Waals surface area contributed by atoms with Crippen LogP contribution < -0.4 is 0 Å². The predicted molar refractivity (Wildman–Crippen MR) is 64.2 cm³/mol. The summed E-state index contributed by atoms with van der Waals surface area (Å²) in [5.74, 6) is -0.448. The largest absolute Gasteiger partial charge is 0.462 e. The fraction of sp³-hybridized carbons (Fsp3) is 0.500. The first-order chi connectivity index (χ1) is 7.97. The molecule has 17 heavy (non-hydrogen) atoms. The molecule has 0 aliphatic rings. The van der Waals surface area contributed by atoms with E-state index in [0.717, 1.165) is 6.08 Å². The van der Waals surface area contributed by atoms with Crippen molar-refractivity contribution in [2.75, 3.05) is 19.8 Å². The summed E-state index contributed by atoms with van der Waals surface area (Å²) < 4.78 is 9.03. The highest BCUT2D eigenvalue weighted by Crippen LogP contribution is 1.92. The molecule has 0 aliphatic carbocycles. The molecule has 0 fully saturated rings. The van der Waals surface area contributed by atoms with Gasteiger partial charge in [0.15, 0.2) is 0 Å². The molecule has 0 heterocycles. The summed E-state index contributed by atoms with van der Waals surface area (Å²) in [6, 6.07) is 0. The quantitative estimate of drug-likeness (QED) is 0.559. The van der Waals surface area contributed by atoms with Crippen molar-refractivity contribution >= 4 is 11.9 Å². The van der Waals surface area contributed by atoms with Crippen LogP contribution in [0, 0.1) is 5.92 Å². The highest BCUT2D eigenvalue weighted by molar-refractivity contribution is 5.81. The fourth-order valence-electron chi connectivity index (χ4n) is 0.513. The lowest BCUT2D eigenvalue weighted by atomic mass is 10.2. The summed E-state index contributed by atoms with van der Waals surface area (Å²) in [6.07, 6.45) is 2.22. The van der Waals surface area contributed by atoms with Gasteiger partial charge in [0.2, 0.25) is 0 Å². The van der Waals surface area contributed by atoms with Crippen LogP contribution in [0.1, 0.15) is 13.8 Å². The lowest BCUT2D eigenvalue weighted by molar-refractivity contribution is -0.139. The van der Waals surface area contributed by atoms with Gasteiger partial charge in [-0.2, -0.15) is 0 Å². The van der Waals surface area contributed by atoms with E-state index in [1.54, 1.807) is 0 Å². The van der Waals surface area contributed by atoms with Crippen molar-refractivity contribution in [2.45, 2.75) is 13.8 Å². The van der Waals surface area contributed by atoms with Crippen molar-refractivity contribution in [3.8, 4) is 0 Å². The number of rotatable bonds is 6. The topological polar surface area (TPSA) is 72.8 Å². The average molecular weight is 244 g/mol. The van der Waals surface area contributed by atoms with Crippen molar-refractivity contribution in [3.63, 3.8) is 0 Å². The summed E-state index contributed by atoms with van der Waals surface area (Å²) in [5.41, 5.74) is 0. The van der Waals surface area contributed by atoms with E-state index >= 15 is 0 Å². The van der Waals surface area contributed by atoms with E-state index in [1.165, 1.54) is 6.08 Å². The minimum Gasteiger partial charge on any atom is -0.462 e. The molecule has 0 aromatic heterocycles. The van der Waals surface area contributed by atoms with E-state index < -0.39 is 5.97 Å². The van der Waals surface area contributed by atoms with Gasteiger partial charge in [-0.15, -0.1) is 0 Å². The van der Waals surface area contributed by atoms with Crippen molar-refractivity contribution in [2.24, 2.45) is 5.92 Å². The number of aliphatic hydroxyl groups excluding tert-OH is 1. The maximum absolute atomic E-state index is 10.4. The highest BCUT2D eigenvalue weighted by Gasteiger charge is 1.96. The Bertz CT molecular complexity index is 245. The number of aliphatic hydroxyl groups is 1. The zero-order chi connectivity index (χ0) is 13.7. The summed E-state index contributed by atoms with van der Waals surface area (Å²) in [6.45, 7) is 10.8. The zero-order valence-electron chi connectivity index (χ0n) is 10.3. The van der Waals surface area contributed by atoms with E-state index in [4.69, 9.17) is 9.84 Å². The first-order valence-corrected chi connectivity index (χ1v) is 5.17. The van der Waals surface area contributed by atoms with Gasteiger partial charge in [-0.05, 0) is 5.92 Å². The van der Waals surface area contributed by atoms with Gasteiger partial charge < -0.3 is 14.6 Å². The molecule has 0 atom stereocenters. The van der Waals surface area contributed by atoms with E-state index in [2.05, 4.69) is 17.9 Å². The molecule has 5 nitrogen and oxygen atoms in total. The zero-order valence-corrected chi connectivity index (χ0v) is 10.3. The minimum atomic E-state index is -0.501. The van der Waals surface area contributed by atoms with Gasteiger partial charge in [-0.25, -0.2) is 9.59 Å². The summed E-state index contributed by atoms with van der Waals surface area (Å²) in [7, 11) is 0. The molecule has 0 aromatic rings. The first-order valence-electron chi connectivity index (χ1n) is 5.17. The Morgan fingerprint density at radius 3 is 2.00 bits per heavy atom. The first kappa shape index (κ1) is 17.8. The molecule has 0 bridgehead atoms. The summed E-state index contributed by atoms with van der Waals surface area (Å²) in [5, 5.41) is 8.10. The Kier molecular flexibility index (Phi) is 13.0. The number of hydrogen-bond donors (Lipinski definition) is 1. The third kappa shape index (κ3) is 17.0. The van der Waals surface area contributed by atoms with Crippen LogP contribution in [0.4, 0.5) is 0 Å². The molecule has 0 saturated carbocycles. The van der Waals surface area contributed by atoms with E-state index in [1.807, 2.05) is 13.8 Å². The van der Waals surface area contributed by atoms with Crippen LogP contribution in [-0.2, 0) is 19.1 Å². The van der Waals surface area contributed by atoms with E-state index in [0.29, 0.717) is 12.5 Å². The number of carbonyl (C=O) groups excluding carboxylic acids is 2. The lowest BCUT2D eigenvalue weighted by Crippen LogP contribution is -2.06. The van der Waals surface area contributed by atoms with Crippen LogP contribution in [0.2, 0.25) is 0 Å². The maximum atomic E-state index is 10.4. The van der Waals surface area contributed by atoms with Gasteiger partial charge in [-0.3, -0.25) is 0 Å². The molecule has 0 amide bonds. The molecule has 0 aliphatic heterocycles. The Morgan fingerprint density at radius 1 is 1.18 bits per heavy atom. The SMILES string of the molecule is C=CC(=O)OCC(C)C.C=CC(=O)OCCO. The van der Waals surface area contributed by atoms with Crippen molar-refractivity contribution < 1.29 is 24.2 Å². The molecule has 0 rings (SSSR count). The molecule has 0 aromatic carbocycles. The second kappa shape index (κ2) is 12.4. The van der Waals surface area contributed by atoms with E-state index in [-0.39, 0.29) is 19.2 Å². The number of carbonyl (C=O) groups is 2. The standard InChI is InChI=1S/C7H12O2.C5H8O3/c1-4-7(8)9-5-6(2)3;1-2-5(7)8-4-3-6/h4,6H,1,5H2,2-3H3;2,6H,1,3-4H2. The van der Waals surface area contributed by atoms with Crippen LogP contribution in [0.3, 0.4) is 0 Å². The van der Waals surface area contributed by atoms with Gasteiger partial charge in [-0.1, -0.05) is 27.0 Å². The highest BCUT2D eigenvalue weighted by atomic mass is 16.5.